The molecule has 10 heteroatoms. The van der Waals surface area contributed by atoms with Gasteiger partial charge >= 0.3 is 6.18 Å². The van der Waals surface area contributed by atoms with Crippen molar-refractivity contribution in [2.75, 3.05) is 0 Å². The van der Waals surface area contributed by atoms with Gasteiger partial charge in [0.2, 0.25) is 11.7 Å². The third-order valence-electron chi connectivity index (χ3n) is 4.86. The summed E-state index contributed by atoms with van der Waals surface area (Å²) in [5.41, 5.74) is 5.64. The predicted molar refractivity (Wildman–Crippen MR) is 112 cm³/mol. The van der Waals surface area contributed by atoms with Gasteiger partial charge in [0, 0.05) is 41.2 Å². The van der Waals surface area contributed by atoms with Crippen LogP contribution in [0.25, 0.3) is 28.2 Å². The van der Waals surface area contributed by atoms with Crippen molar-refractivity contribution in [3.05, 3.63) is 89.3 Å². The number of nitrogens with two attached hydrogens (primary N) is 1. The predicted octanol–water partition coefficient (Wildman–Crippen LogP) is 4.51. The molecule has 0 saturated carbocycles. The van der Waals surface area contributed by atoms with Crippen molar-refractivity contribution in [3.63, 3.8) is 0 Å². The molecule has 6 nitrogen and oxygen atoms in total. The first-order valence-electron chi connectivity index (χ1n) is 9.46. The molecule has 4 rings (SSSR count). The zero-order valence-corrected chi connectivity index (χ0v) is 16.7. The maximum Gasteiger partial charge on any atom is 0.417 e. The van der Waals surface area contributed by atoms with E-state index in [-0.39, 0.29) is 11.3 Å². The number of primary amides is 1. The Hall–Kier alpha value is -4.34. The maximum atomic E-state index is 14.8. The number of aromatic amines is 1. The third-order valence-corrected chi connectivity index (χ3v) is 4.86. The van der Waals surface area contributed by atoms with Crippen LogP contribution in [0.5, 0.6) is 0 Å². The Morgan fingerprint density at radius 1 is 1.00 bits per heavy atom. The first kappa shape index (κ1) is 21.9. The summed E-state index contributed by atoms with van der Waals surface area (Å²) in [5.74, 6) is -2.31. The number of nitrogens with zero attached hydrogens (tertiary/aromatic N) is 2. The molecule has 0 atom stereocenters. The van der Waals surface area contributed by atoms with E-state index in [4.69, 9.17) is 5.73 Å². The van der Waals surface area contributed by atoms with Gasteiger partial charge in [0.25, 0.3) is 0 Å². The first-order valence-corrected chi connectivity index (χ1v) is 9.46. The van der Waals surface area contributed by atoms with Crippen LogP contribution >= 0.6 is 0 Å². The lowest BCUT2D eigenvalue weighted by Crippen LogP contribution is -2.10. The number of hydrogen-bond acceptors (Lipinski definition) is 4. The van der Waals surface area contributed by atoms with Crippen LogP contribution in [0.2, 0.25) is 0 Å². The van der Waals surface area contributed by atoms with E-state index >= 15 is 0 Å². The van der Waals surface area contributed by atoms with E-state index in [1.165, 1.54) is 30.5 Å². The third kappa shape index (κ3) is 4.49. The Labute approximate surface area is 183 Å². The first-order chi connectivity index (χ1) is 15.6. The van der Waals surface area contributed by atoms with Crippen molar-refractivity contribution in [2.45, 2.75) is 6.18 Å². The maximum absolute atomic E-state index is 14.8. The number of aromatic nitrogens is 3. The minimum absolute atomic E-state index is 0.309. The van der Waals surface area contributed by atoms with Crippen LogP contribution in [0, 0.1) is 5.82 Å². The topological polar surface area (TPSA) is 102 Å². The number of carbonyl (C=O) groups is 2. The van der Waals surface area contributed by atoms with Gasteiger partial charge in [0.1, 0.15) is 17.2 Å². The Bertz CT molecular complexity index is 1410. The monoisotopic (exact) mass is 454 g/mol. The number of amides is 1. The Balaban J connectivity index is 1.65. The number of fused-ring (bicyclic) bond motifs is 1. The van der Waals surface area contributed by atoms with Gasteiger partial charge in [-0.2, -0.15) is 13.2 Å². The highest BCUT2D eigenvalue weighted by molar-refractivity contribution is 6.08. The normalized spacial score (nSPS) is 11.9. The van der Waals surface area contributed by atoms with Crippen molar-refractivity contribution in [2.24, 2.45) is 5.73 Å². The van der Waals surface area contributed by atoms with Crippen molar-refractivity contribution >= 4 is 28.8 Å². The SMILES string of the molecule is NC(=O)C=Cc1c[nH]c2ncc(-c3ccc(C(=O)c4ccc(C(F)(F)F)cn4)c(F)c3)cc12. The number of nitrogens with one attached hydrogen (secondary N) is 1. The number of pyridine rings is 2. The summed E-state index contributed by atoms with van der Waals surface area (Å²) >= 11 is 0. The standard InChI is InChI=1S/C23H14F4N4O2/c24-18-8-12(14-7-17-13(2-6-20(28)32)9-30-22(17)31-10-14)1-4-16(18)21(33)19-5-3-15(11-29-19)23(25,26)27/h1-11H,(H2,28,32)(H,30,31). The van der Waals surface area contributed by atoms with Crippen molar-refractivity contribution in [3.8, 4) is 11.1 Å². The molecule has 0 aliphatic carbocycles. The molecule has 0 aliphatic rings. The number of H-pyrrole nitrogens is 1. The highest BCUT2D eigenvalue weighted by atomic mass is 19.4. The quantitative estimate of drug-likeness (QED) is 0.263. The van der Waals surface area contributed by atoms with Crippen LogP contribution < -0.4 is 5.73 Å². The summed E-state index contributed by atoms with van der Waals surface area (Å²) in [6.45, 7) is 0. The lowest BCUT2D eigenvalue weighted by atomic mass is 10.0. The van der Waals surface area contributed by atoms with E-state index in [9.17, 15) is 27.2 Å². The number of halogens is 4. The second-order valence-corrected chi connectivity index (χ2v) is 7.05. The highest BCUT2D eigenvalue weighted by Crippen LogP contribution is 2.30. The average Bonchev–Trinajstić information content (AvgIpc) is 3.19. The minimum Gasteiger partial charge on any atom is -0.366 e. The summed E-state index contributed by atoms with van der Waals surface area (Å²) in [6, 6.07) is 7.22. The molecule has 0 saturated heterocycles. The number of hydrogen-bond donors (Lipinski definition) is 2. The van der Waals surface area contributed by atoms with E-state index < -0.39 is 29.2 Å². The van der Waals surface area contributed by atoms with Crippen LogP contribution in [0.15, 0.2) is 61.1 Å². The molecule has 0 spiro atoms. The summed E-state index contributed by atoms with van der Waals surface area (Å²) in [4.78, 5) is 34.3. The zero-order valence-electron chi connectivity index (χ0n) is 16.7. The second kappa shape index (κ2) is 8.30. The lowest BCUT2D eigenvalue weighted by Gasteiger charge is -2.08. The fourth-order valence-electron chi connectivity index (χ4n) is 3.20. The zero-order chi connectivity index (χ0) is 23.8. The van der Waals surface area contributed by atoms with Crippen LogP contribution in [0.4, 0.5) is 17.6 Å². The van der Waals surface area contributed by atoms with E-state index in [2.05, 4.69) is 15.0 Å². The molecule has 33 heavy (non-hydrogen) atoms. The van der Waals surface area contributed by atoms with E-state index in [1.807, 2.05) is 0 Å². The van der Waals surface area contributed by atoms with Gasteiger partial charge in [-0.1, -0.05) is 6.07 Å². The molecule has 4 aromatic rings. The number of ketones is 1. The summed E-state index contributed by atoms with van der Waals surface area (Å²) in [6.07, 6.45) is 1.80. The molecule has 3 heterocycles. The summed E-state index contributed by atoms with van der Waals surface area (Å²) < 4.78 is 52.8. The number of rotatable bonds is 5. The van der Waals surface area contributed by atoms with Crippen molar-refractivity contribution < 1.29 is 27.2 Å². The van der Waals surface area contributed by atoms with Gasteiger partial charge in [0.15, 0.2) is 0 Å². The van der Waals surface area contributed by atoms with E-state index in [1.54, 1.807) is 12.3 Å². The Morgan fingerprint density at radius 3 is 2.42 bits per heavy atom. The van der Waals surface area contributed by atoms with Gasteiger partial charge in [-0.15, -0.1) is 0 Å². The van der Waals surface area contributed by atoms with Gasteiger partial charge in [-0.25, -0.2) is 9.37 Å². The number of alkyl halides is 3. The largest absolute Gasteiger partial charge is 0.417 e. The molecule has 3 N–H and O–H groups in total. The molecule has 0 unspecified atom stereocenters. The van der Waals surface area contributed by atoms with Gasteiger partial charge in [0.05, 0.1) is 11.1 Å². The molecular formula is C23H14F4N4O2. The van der Waals surface area contributed by atoms with Crippen LogP contribution in [-0.4, -0.2) is 26.6 Å². The molecule has 1 amide bonds. The molecule has 0 bridgehead atoms. The van der Waals surface area contributed by atoms with Crippen LogP contribution in [0.3, 0.4) is 0 Å². The second-order valence-electron chi connectivity index (χ2n) is 7.05. The van der Waals surface area contributed by atoms with Crippen molar-refractivity contribution in [1.82, 2.24) is 15.0 Å². The summed E-state index contributed by atoms with van der Waals surface area (Å²) in [7, 11) is 0. The Morgan fingerprint density at radius 2 is 1.79 bits per heavy atom. The molecule has 0 fully saturated rings. The van der Waals surface area contributed by atoms with Crippen LogP contribution in [-0.2, 0) is 11.0 Å². The van der Waals surface area contributed by atoms with Gasteiger partial charge in [-0.05, 0) is 42.0 Å². The highest BCUT2D eigenvalue weighted by Gasteiger charge is 2.31. The number of benzene rings is 1. The minimum atomic E-state index is -4.59. The van der Waals surface area contributed by atoms with E-state index in [0.29, 0.717) is 40.0 Å². The molecule has 3 aromatic heterocycles. The molecule has 0 aliphatic heterocycles. The van der Waals surface area contributed by atoms with Crippen LogP contribution in [0.1, 0.15) is 27.2 Å². The molecule has 166 valence electrons. The smallest absolute Gasteiger partial charge is 0.366 e. The molecular weight excluding hydrogens is 440 g/mol. The average molecular weight is 454 g/mol. The van der Waals surface area contributed by atoms with E-state index in [0.717, 1.165) is 12.1 Å². The van der Waals surface area contributed by atoms with Gasteiger partial charge in [-0.3, -0.25) is 14.6 Å². The number of carbonyl (C=O) groups excluding carboxylic acids is 2. The Kier molecular flexibility index (Phi) is 5.50. The molecule has 1 aromatic carbocycles. The fourth-order valence-corrected chi connectivity index (χ4v) is 3.20. The fraction of sp³-hybridized carbons (Fsp3) is 0.0435. The lowest BCUT2D eigenvalue weighted by molar-refractivity contribution is -0.137. The summed E-state index contributed by atoms with van der Waals surface area (Å²) in [5, 5.41) is 0.666. The van der Waals surface area contributed by atoms with Crippen molar-refractivity contribution in [1.29, 1.82) is 0 Å². The van der Waals surface area contributed by atoms with Gasteiger partial charge < -0.3 is 10.7 Å². The molecule has 0 radical (unpaired) electrons.